The van der Waals surface area contributed by atoms with E-state index in [0.29, 0.717) is 45.1 Å². The number of nitrogen functional groups attached to an aromatic ring is 1. The second kappa shape index (κ2) is 8.40. The van der Waals surface area contributed by atoms with Crippen LogP contribution >= 0.6 is 0 Å². The summed E-state index contributed by atoms with van der Waals surface area (Å²) in [5.41, 5.74) is 11.3. The van der Waals surface area contributed by atoms with E-state index in [4.69, 9.17) is 25.2 Å². The molecule has 2 aromatic heterocycles. The highest BCUT2D eigenvalue weighted by atomic mass is 16.5. The molecule has 0 fully saturated rings. The van der Waals surface area contributed by atoms with Gasteiger partial charge in [0.2, 0.25) is 0 Å². The molecule has 0 atom stereocenters. The van der Waals surface area contributed by atoms with Gasteiger partial charge in [0.25, 0.3) is 5.91 Å². The van der Waals surface area contributed by atoms with Crippen molar-refractivity contribution in [2.75, 3.05) is 25.3 Å². The largest absolute Gasteiger partial charge is 0.497 e. The number of hydrogen-bond donors (Lipinski definition) is 2. The van der Waals surface area contributed by atoms with E-state index >= 15 is 0 Å². The Morgan fingerprint density at radius 3 is 2.41 bits per heavy atom. The molecule has 8 heteroatoms. The fraction of sp³-hybridized carbons (Fsp3) is 0.115. The van der Waals surface area contributed by atoms with E-state index in [1.54, 1.807) is 37.0 Å². The minimum absolute atomic E-state index is 0.196. The summed E-state index contributed by atoms with van der Waals surface area (Å²) < 4.78 is 12.7. The lowest BCUT2D eigenvalue weighted by Gasteiger charge is -2.14. The normalized spacial score (nSPS) is 11.0. The summed E-state index contributed by atoms with van der Waals surface area (Å²) in [6, 6.07) is 20.4. The van der Waals surface area contributed by atoms with Crippen LogP contribution in [0.3, 0.4) is 0 Å². The number of methoxy groups -OCH3 is 2. The first kappa shape index (κ1) is 21.3. The number of carbonyl (C=O) groups is 1. The van der Waals surface area contributed by atoms with Crippen LogP contribution in [0, 0.1) is 6.92 Å². The first-order valence-electron chi connectivity index (χ1n) is 10.7. The maximum atomic E-state index is 13.5. The van der Waals surface area contributed by atoms with E-state index in [1.165, 1.54) is 0 Å². The Morgan fingerprint density at radius 1 is 0.941 bits per heavy atom. The molecule has 0 aliphatic carbocycles. The Morgan fingerprint density at radius 2 is 1.71 bits per heavy atom. The molecule has 0 radical (unpaired) electrons. The highest BCUT2D eigenvalue weighted by Crippen LogP contribution is 2.36. The predicted octanol–water partition coefficient (Wildman–Crippen LogP) is 4.73. The van der Waals surface area contributed by atoms with Crippen LogP contribution in [-0.4, -0.2) is 34.7 Å². The average Bonchev–Trinajstić information content (AvgIpc) is 3.12. The first-order valence-corrected chi connectivity index (χ1v) is 10.7. The van der Waals surface area contributed by atoms with Crippen molar-refractivity contribution in [3.05, 3.63) is 77.9 Å². The average molecular weight is 454 g/mol. The number of aromatic nitrogens is 3. The number of para-hydroxylation sites is 2. The fourth-order valence-corrected chi connectivity index (χ4v) is 4.02. The quantitative estimate of drug-likeness (QED) is 0.399. The zero-order valence-electron chi connectivity index (χ0n) is 19.0. The minimum atomic E-state index is -0.377. The van der Waals surface area contributed by atoms with E-state index in [2.05, 4.69) is 5.32 Å². The van der Waals surface area contributed by atoms with Crippen LogP contribution in [0.1, 0.15) is 15.9 Å². The Bertz CT molecular complexity index is 1560. The third-order valence-electron chi connectivity index (χ3n) is 5.63. The molecular weight excluding hydrogens is 430 g/mol. The number of amides is 1. The van der Waals surface area contributed by atoms with Gasteiger partial charge in [-0.1, -0.05) is 24.3 Å². The van der Waals surface area contributed by atoms with E-state index in [-0.39, 0.29) is 17.3 Å². The number of fused-ring (bicyclic) bond motifs is 2. The van der Waals surface area contributed by atoms with Gasteiger partial charge < -0.3 is 20.5 Å². The van der Waals surface area contributed by atoms with Crippen LogP contribution < -0.4 is 20.5 Å². The topological polar surface area (TPSA) is 104 Å². The van der Waals surface area contributed by atoms with E-state index in [0.717, 1.165) is 5.56 Å². The standard InChI is InChI=1S/C26H23N5O3/c1-15-7-6-8-16(13-15)28-26(32)22-23-25(30-19-10-5-4-9-18(19)29-23)31(24(22)27)20-14-17(33-2)11-12-21(20)34-3/h4-14H,27H2,1-3H3,(H,28,32). The molecule has 0 spiro atoms. The van der Waals surface area contributed by atoms with Crippen molar-refractivity contribution in [1.29, 1.82) is 0 Å². The number of carbonyl (C=O) groups excluding carboxylic acids is 1. The van der Waals surface area contributed by atoms with Gasteiger partial charge in [0.15, 0.2) is 5.65 Å². The maximum Gasteiger partial charge on any atom is 0.261 e. The number of ether oxygens (including phenoxy) is 2. The van der Waals surface area contributed by atoms with Crippen LogP contribution in [-0.2, 0) is 0 Å². The Kier molecular flexibility index (Phi) is 5.25. The molecule has 0 bridgehead atoms. The van der Waals surface area contributed by atoms with Crippen LogP contribution in [0.4, 0.5) is 11.5 Å². The van der Waals surface area contributed by atoms with E-state index < -0.39 is 0 Å². The van der Waals surface area contributed by atoms with Gasteiger partial charge in [-0.25, -0.2) is 9.97 Å². The number of hydrogen-bond acceptors (Lipinski definition) is 6. The molecule has 0 aliphatic rings. The molecule has 1 amide bonds. The number of aryl methyl sites for hydroxylation is 1. The number of benzene rings is 3. The number of nitrogens with two attached hydrogens (primary N) is 1. The van der Waals surface area contributed by atoms with Gasteiger partial charge in [0.1, 0.15) is 28.4 Å². The summed E-state index contributed by atoms with van der Waals surface area (Å²) >= 11 is 0. The van der Waals surface area contributed by atoms with Gasteiger partial charge in [-0.3, -0.25) is 9.36 Å². The fourth-order valence-electron chi connectivity index (χ4n) is 4.02. The molecule has 0 saturated carbocycles. The molecule has 5 aromatic rings. The Labute approximate surface area is 196 Å². The minimum Gasteiger partial charge on any atom is -0.497 e. The molecule has 34 heavy (non-hydrogen) atoms. The number of nitrogens with zero attached hydrogens (tertiary/aromatic N) is 3. The lowest BCUT2D eigenvalue weighted by atomic mass is 10.2. The summed E-state index contributed by atoms with van der Waals surface area (Å²) in [5, 5.41) is 2.94. The summed E-state index contributed by atoms with van der Waals surface area (Å²) in [6.07, 6.45) is 0. The third kappa shape index (κ3) is 3.55. The summed E-state index contributed by atoms with van der Waals surface area (Å²) in [4.78, 5) is 23.1. The molecule has 3 aromatic carbocycles. The second-order valence-corrected chi connectivity index (χ2v) is 7.84. The molecule has 0 unspecified atom stereocenters. The van der Waals surface area contributed by atoms with Gasteiger partial charge in [-0.15, -0.1) is 0 Å². The molecule has 2 heterocycles. The number of anilines is 2. The zero-order chi connectivity index (χ0) is 23.8. The number of rotatable bonds is 5. The summed E-state index contributed by atoms with van der Waals surface area (Å²) in [5.74, 6) is 0.974. The lowest BCUT2D eigenvalue weighted by molar-refractivity contribution is 0.102. The van der Waals surface area contributed by atoms with Crippen LogP contribution in [0.2, 0.25) is 0 Å². The van der Waals surface area contributed by atoms with Gasteiger partial charge in [-0.2, -0.15) is 0 Å². The monoisotopic (exact) mass is 453 g/mol. The zero-order valence-corrected chi connectivity index (χ0v) is 19.0. The SMILES string of the molecule is COc1ccc(OC)c(-n2c(N)c(C(=O)Nc3cccc(C)c3)c3nc4ccccc4nc32)c1. The molecule has 3 N–H and O–H groups in total. The Balaban J connectivity index is 1.79. The van der Waals surface area contributed by atoms with Crippen molar-refractivity contribution >= 4 is 39.6 Å². The van der Waals surface area contributed by atoms with Gasteiger partial charge >= 0.3 is 0 Å². The van der Waals surface area contributed by atoms with Gasteiger partial charge in [-0.05, 0) is 48.9 Å². The van der Waals surface area contributed by atoms with Crippen LogP contribution in [0.5, 0.6) is 11.5 Å². The molecule has 0 saturated heterocycles. The van der Waals surface area contributed by atoms with Crippen molar-refractivity contribution < 1.29 is 14.3 Å². The van der Waals surface area contributed by atoms with Crippen LogP contribution in [0.15, 0.2) is 66.7 Å². The maximum absolute atomic E-state index is 13.5. The van der Waals surface area contributed by atoms with Gasteiger partial charge in [0.05, 0.1) is 30.9 Å². The van der Waals surface area contributed by atoms with E-state index in [9.17, 15) is 4.79 Å². The first-order chi connectivity index (χ1) is 16.5. The molecule has 5 rings (SSSR count). The molecular formula is C26H23N5O3. The number of nitrogens with one attached hydrogen (secondary N) is 1. The molecule has 0 aliphatic heterocycles. The smallest absolute Gasteiger partial charge is 0.261 e. The van der Waals surface area contributed by atoms with Crippen molar-refractivity contribution in [3.63, 3.8) is 0 Å². The molecule has 8 nitrogen and oxygen atoms in total. The van der Waals surface area contributed by atoms with Crippen molar-refractivity contribution in [2.24, 2.45) is 0 Å². The Hall–Kier alpha value is -4.59. The van der Waals surface area contributed by atoms with E-state index in [1.807, 2.05) is 55.5 Å². The summed E-state index contributed by atoms with van der Waals surface area (Å²) in [7, 11) is 3.15. The lowest BCUT2D eigenvalue weighted by Crippen LogP contribution is -2.14. The molecule has 170 valence electrons. The van der Waals surface area contributed by atoms with Crippen molar-refractivity contribution in [3.8, 4) is 17.2 Å². The highest BCUT2D eigenvalue weighted by molar-refractivity contribution is 6.16. The second-order valence-electron chi connectivity index (χ2n) is 7.84. The highest BCUT2D eigenvalue weighted by Gasteiger charge is 2.26. The van der Waals surface area contributed by atoms with Crippen molar-refractivity contribution in [1.82, 2.24) is 14.5 Å². The van der Waals surface area contributed by atoms with Gasteiger partial charge in [0, 0.05) is 11.8 Å². The van der Waals surface area contributed by atoms with Crippen LogP contribution in [0.25, 0.3) is 27.9 Å². The van der Waals surface area contributed by atoms with Crippen molar-refractivity contribution in [2.45, 2.75) is 6.92 Å². The predicted molar refractivity (Wildman–Crippen MR) is 133 cm³/mol. The third-order valence-corrected chi connectivity index (χ3v) is 5.63. The summed E-state index contributed by atoms with van der Waals surface area (Å²) in [6.45, 7) is 1.96.